The number of aromatic amines is 1. The van der Waals surface area contributed by atoms with Gasteiger partial charge in [0.05, 0.1) is 11.4 Å². The van der Waals surface area contributed by atoms with Crippen molar-refractivity contribution in [1.29, 1.82) is 0 Å². The largest absolute Gasteiger partial charge is 0.337 e. The maximum Gasteiger partial charge on any atom is 0.236 e. The van der Waals surface area contributed by atoms with Crippen LogP contribution in [0.2, 0.25) is 5.02 Å². The molecule has 2 heterocycles. The number of thioether (sulfide) groups is 1. The topological polar surface area (TPSA) is 70.7 Å². The first-order chi connectivity index (χ1) is 14.1. The second-order valence-electron chi connectivity index (χ2n) is 6.31. The number of hydrogen-bond acceptors (Lipinski definition) is 5. The van der Waals surface area contributed by atoms with Gasteiger partial charge in [-0.05, 0) is 31.2 Å². The molecule has 29 heavy (non-hydrogen) atoms. The summed E-state index contributed by atoms with van der Waals surface area (Å²) in [6, 6.07) is 15.7. The molecule has 0 fully saturated rings. The van der Waals surface area contributed by atoms with Crippen molar-refractivity contribution in [3.05, 3.63) is 70.7 Å². The highest BCUT2D eigenvalue weighted by molar-refractivity contribution is 8.00. The molecule has 4 rings (SSSR count). The maximum absolute atomic E-state index is 12.3. The van der Waals surface area contributed by atoms with E-state index in [2.05, 4.69) is 34.3 Å². The molecule has 0 aliphatic carbocycles. The van der Waals surface area contributed by atoms with Gasteiger partial charge in [0.25, 0.3) is 0 Å². The Balaban J connectivity index is 1.60. The van der Waals surface area contributed by atoms with Gasteiger partial charge in [-0.15, -0.1) is 11.3 Å². The summed E-state index contributed by atoms with van der Waals surface area (Å²) in [5.74, 6) is 0.861. The van der Waals surface area contributed by atoms with Gasteiger partial charge in [-0.2, -0.15) is 0 Å². The second-order valence-corrected chi connectivity index (χ2v) is 8.61. The number of nitrogens with one attached hydrogen (secondary N) is 2. The fourth-order valence-electron chi connectivity index (χ4n) is 2.70. The van der Waals surface area contributed by atoms with Gasteiger partial charge in [0.2, 0.25) is 5.91 Å². The zero-order valence-corrected chi connectivity index (χ0v) is 17.9. The van der Waals surface area contributed by atoms with Crippen LogP contribution in [0.25, 0.3) is 22.6 Å². The number of anilines is 1. The number of amides is 1. The zero-order valence-electron chi connectivity index (χ0n) is 15.5. The zero-order chi connectivity index (χ0) is 20.2. The van der Waals surface area contributed by atoms with E-state index < -0.39 is 0 Å². The SMILES string of the molecule is Cc1ccc(-c2[nH]c(-c3ccc(Cl)cc3)nc2SCC(=O)Nc2nccs2)cc1. The van der Waals surface area contributed by atoms with E-state index in [9.17, 15) is 4.79 Å². The lowest BCUT2D eigenvalue weighted by Crippen LogP contribution is -2.13. The quantitative estimate of drug-likeness (QED) is 0.366. The Morgan fingerprint density at radius 3 is 2.55 bits per heavy atom. The molecule has 0 unspecified atom stereocenters. The maximum atomic E-state index is 12.3. The Kier molecular flexibility index (Phi) is 5.99. The molecule has 0 bridgehead atoms. The molecule has 0 saturated heterocycles. The predicted molar refractivity (Wildman–Crippen MR) is 121 cm³/mol. The van der Waals surface area contributed by atoms with Gasteiger partial charge in [-0.3, -0.25) is 4.79 Å². The van der Waals surface area contributed by atoms with E-state index in [0.29, 0.717) is 10.2 Å². The van der Waals surface area contributed by atoms with Crippen LogP contribution in [0.3, 0.4) is 0 Å². The molecule has 2 N–H and O–H groups in total. The fourth-order valence-corrected chi connectivity index (χ4v) is 4.18. The fraction of sp³-hybridized carbons (Fsp3) is 0.0952. The van der Waals surface area contributed by atoms with Gasteiger partial charge in [0, 0.05) is 27.7 Å². The standard InChI is InChI=1S/C21H17ClN4OS2/c1-13-2-4-14(5-3-13)18-20(29-12-17(27)24-21-23-10-11-28-21)26-19(25-18)15-6-8-16(22)9-7-15/h2-11H,12H2,1H3,(H,25,26)(H,23,24,27). The number of nitrogens with zero attached hydrogens (tertiary/aromatic N) is 2. The lowest BCUT2D eigenvalue weighted by Gasteiger charge is -2.04. The average Bonchev–Trinajstić information content (AvgIpc) is 3.37. The smallest absolute Gasteiger partial charge is 0.236 e. The van der Waals surface area contributed by atoms with Crippen molar-refractivity contribution in [1.82, 2.24) is 15.0 Å². The number of halogens is 1. The first-order valence-electron chi connectivity index (χ1n) is 8.83. The molecular weight excluding hydrogens is 424 g/mol. The number of imidazole rings is 1. The predicted octanol–water partition coefficient (Wildman–Crippen LogP) is 5.89. The summed E-state index contributed by atoms with van der Waals surface area (Å²) in [6.07, 6.45) is 1.66. The molecular formula is C21H17ClN4OS2. The minimum absolute atomic E-state index is 0.115. The average molecular weight is 441 g/mol. The Bertz CT molecular complexity index is 1110. The van der Waals surface area contributed by atoms with Crippen LogP contribution in [0.1, 0.15) is 5.56 Å². The number of carbonyl (C=O) groups is 1. The number of carbonyl (C=O) groups excluding carboxylic acids is 1. The van der Waals surface area contributed by atoms with Crippen LogP contribution in [0.5, 0.6) is 0 Å². The lowest BCUT2D eigenvalue weighted by molar-refractivity contribution is -0.113. The van der Waals surface area contributed by atoms with Crippen molar-refractivity contribution in [2.45, 2.75) is 11.9 Å². The number of aromatic nitrogens is 3. The van der Waals surface area contributed by atoms with E-state index in [1.807, 2.05) is 41.8 Å². The van der Waals surface area contributed by atoms with Gasteiger partial charge in [0.15, 0.2) is 5.13 Å². The van der Waals surface area contributed by atoms with Crippen molar-refractivity contribution >= 4 is 45.7 Å². The number of aryl methyl sites for hydroxylation is 1. The molecule has 2 aromatic heterocycles. The van der Waals surface area contributed by atoms with Crippen LogP contribution in [0.15, 0.2) is 65.1 Å². The monoisotopic (exact) mass is 440 g/mol. The van der Waals surface area contributed by atoms with E-state index in [-0.39, 0.29) is 11.7 Å². The molecule has 8 heteroatoms. The van der Waals surface area contributed by atoms with Crippen LogP contribution in [-0.4, -0.2) is 26.6 Å². The molecule has 0 saturated carbocycles. The molecule has 2 aromatic carbocycles. The van der Waals surface area contributed by atoms with Gasteiger partial charge in [-0.1, -0.05) is 53.2 Å². The van der Waals surface area contributed by atoms with E-state index in [4.69, 9.17) is 16.6 Å². The third-order valence-corrected chi connectivity index (χ3v) is 6.06. The highest BCUT2D eigenvalue weighted by Gasteiger charge is 2.16. The molecule has 146 valence electrons. The van der Waals surface area contributed by atoms with Crippen molar-refractivity contribution < 1.29 is 4.79 Å². The molecule has 1 amide bonds. The Labute approximate surface area is 181 Å². The molecule has 0 aliphatic heterocycles. The summed E-state index contributed by atoms with van der Waals surface area (Å²) in [7, 11) is 0. The first-order valence-corrected chi connectivity index (χ1v) is 11.1. The van der Waals surface area contributed by atoms with Gasteiger partial charge < -0.3 is 10.3 Å². The summed E-state index contributed by atoms with van der Waals surface area (Å²) < 4.78 is 0. The van der Waals surface area contributed by atoms with Crippen LogP contribution >= 0.6 is 34.7 Å². The van der Waals surface area contributed by atoms with Gasteiger partial charge in [0.1, 0.15) is 10.9 Å². The number of benzene rings is 2. The summed E-state index contributed by atoms with van der Waals surface area (Å²) in [4.78, 5) is 24.5. The van der Waals surface area contributed by atoms with Crippen LogP contribution < -0.4 is 5.32 Å². The van der Waals surface area contributed by atoms with Gasteiger partial charge in [-0.25, -0.2) is 9.97 Å². The van der Waals surface area contributed by atoms with Crippen molar-refractivity contribution in [2.24, 2.45) is 0 Å². The Morgan fingerprint density at radius 2 is 1.86 bits per heavy atom. The van der Waals surface area contributed by atoms with E-state index in [1.165, 1.54) is 28.7 Å². The number of H-pyrrole nitrogens is 1. The summed E-state index contributed by atoms with van der Waals surface area (Å²) in [5.41, 5.74) is 4.03. The summed E-state index contributed by atoms with van der Waals surface area (Å²) in [5, 5.41) is 6.66. The molecule has 0 radical (unpaired) electrons. The minimum Gasteiger partial charge on any atom is -0.337 e. The molecule has 4 aromatic rings. The third kappa shape index (κ3) is 4.87. The van der Waals surface area contributed by atoms with E-state index >= 15 is 0 Å². The first kappa shape index (κ1) is 19.7. The van der Waals surface area contributed by atoms with Crippen LogP contribution in [0.4, 0.5) is 5.13 Å². The highest BCUT2D eigenvalue weighted by atomic mass is 35.5. The number of rotatable bonds is 6. The minimum atomic E-state index is -0.115. The second kappa shape index (κ2) is 8.82. The Hall–Kier alpha value is -2.61. The van der Waals surface area contributed by atoms with Crippen molar-refractivity contribution in [3.63, 3.8) is 0 Å². The normalized spacial score (nSPS) is 10.8. The van der Waals surface area contributed by atoms with E-state index in [1.54, 1.807) is 6.20 Å². The summed E-state index contributed by atoms with van der Waals surface area (Å²) in [6.45, 7) is 2.05. The molecule has 0 atom stereocenters. The van der Waals surface area contributed by atoms with Gasteiger partial charge >= 0.3 is 0 Å². The lowest BCUT2D eigenvalue weighted by atomic mass is 10.1. The molecule has 5 nitrogen and oxygen atoms in total. The van der Waals surface area contributed by atoms with Crippen molar-refractivity contribution in [2.75, 3.05) is 11.1 Å². The van der Waals surface area contributed by atoms with Crippen LogP contribution in [-0.2, 0) is 4.79 Å². The van der Waals surface area contributed by atoms with Crippen LogP contribution in [0, 0.1) is 6.92 Å². The summed E-state index contributed by atoms with van der Waals surface area (Å²) >= 11 is 8.79. The molecule has 0 aliphatic rings. The Morgan fingerprint density at radius 1 is 1.14 bits per heavy atom. The van der Waals surface area contributed by atoms with E-state index in [0.717, 1.165) is 27.7 Å². The van der Waals surface area contributed by atoms with Crippen molar-refractivity contribution in [3.8, 4) is 22.6 Å². The third-order valence-electron chi connectivity index (χ3n) is 4.15. The number of hydrogen-bond donors (Lipinski definition) is 2. The highest BCUT2D eigenvalue weighted by Crippen LogP contribution is 2.33. The number of thiazole rings is 1. The molecule has 0 spiro atoms.